The topological polar surface area (TPSA) is 67.0 Å². The maximum absolute atomic E-state index is 14.3. The van der Waals surface area contributed by atoms with Gasteiger partial charge >= 0.3 is 0 Å². The number of carbonyl (C=O) groups excluding carboxylic acids is 1. The summed E-state index contributed by atoms with van der Waals surface area (Å²) in [5.41, 5.74) is 5.84. The third-order valence-corrected chi connectivity index (χ3v) is 6.08. The van der Waals surface area contributed by atoms with Crippen LogP contribution in [-0.4, -0.2) is 23.0 Å². The molecule has 4 aromatic rings. The number of methoxy groups -OCH3 is 1. The van der Waals surface area contributed by atoms with E-state index in [2.05, 4.69) is 22.4 Å². The predicted octanol–water partition coefficient (Wildman–Crippen LogP) is 4.97. The molecular weight excluding hydrogens is 393 g/mol. The van der Waals surface area contributed by atoms with Crippen molar-refractivity contribution in [3.05, 3.63) is 70.8 Å². The number of benzene rings is 2. The second-order valence-corrected chi connectivity index (χ2v) is 8.13. The number of hydrogen-bond donors (Lipinski definition) is 2. The third kappa shape index (κ3) is 3.42. The normalized spacial score (nSPS) is 15.8. The van der Waals surface area contributed by atoms with Crippen molar-refractivity contribution in [3.8, 4) is 5.75 Å². The number of nitrogens with zero attached hydrogens (tertiary/aromatic N) is 1. The van der Waals surface area contributed by atoms with Gasteiger partial charge in [-0.2, -0.15) is 0 Å². The van der Waals surface area contributed by atoms with Crippen LogP contribution in [0.25, 0.3) is 21.8 Å². The highest BCUT2D eigenvalue weighted by Crippen LogP contribution is 2.38. The molecule has 6 heteroatoms. The van der Waals surface area contributed by atoms with E-state index in [4.69, 9.17) is 9.72 Å². The van der Waals surface area contributed by atoms with E-state index >= 15 is 0 Å². The molecule has 0 spiro atoms. The maximum Gasteiger partial charge on any atom is 0.217 e. The second kappa shape index (κ2) is 7.69. The van der Waals surface area contributed by atoms with Crippen LogP contribution in [0.4, 0.5) is 4.39 Å². The van der Waals surface area contributed by atoms with E-state index in [1.807, 2.05) is 18.2 Å². The molecule has 1 unspecified atom stereocenters. The van der Waals surface area contributed by atoms with E-state index < -0.39 is 0 Å². The van der Waals surface area contributed by atoms with Crippen molar-refractivity contribution in [2.24, 2.45) is 0 Å². The van der Waals surface area contributed by atoms with Gasteiger partial charge in [0, 0.05) is 29.6 Å². The molecule has 5 nitrogen and oxygen atoms in total. The van der Waals surface area contributed by atoms with Crippen LogP contribution in [0.5, 0.6) is 5.75 Å². The molecule has 0 saturated heterocycles. The Balaban J connectivity index is 1.72. The highest BCUT2D eigenvalue weighted by molar-refractivity contribution is 6.10. The van der Waals surface area contributed by atoms with Crippen molar-refractivity contribution in [2.75, 3.05) is 7.11 Å². The number of aromatic nitrogens is 2. The summed E-state index contributed by atoms with van der Waals surface area (Å²) in [6, 6.07) is 13.1. The molecule has 2 heterocycles. The van der Waals surface area contributed by atoms with Crippen LogP contribution < -0.4 is 10.1 Å². The van der Waals surface area contributed by atoms with Gasteiger partial charge in [-0.25, -0.2) is 4.39 Å². The van der Waals surface area contributed by atoms with Crippen molar-refractivity contribution in [3.63, 3.8) is 0 Å². The van der Waals surface area contributed by atoms with E-state index in [9.17, 15) is 9.18 Å². The molecule has 31 heavy (non-hydrogen) atoms. The van der Waals surface area contributed by atoms with Gasteiger partial charge in [0.05, 0.1) is 30.1 Å². The number of halogens is 1. The van der Waals surface area contributed by atoms with Crippen molar-refractivity contribution in [2.45, 2.75) is 38.6 Å². The highest BCUT2D eigenvalue weighted by Gasteiger charge is 2.27. The molecule has 2 N–H and O–H groups in total. The van der Waals surface area contributed by atoms with Gasteiger partial charge in [-0.05, 0) is 48.6 Å². The number of H-pyrrole nitrogens is 1. The molecule has 2 aromatic heterocycles. The molecule has 0 bridgehead atoms. The van der Waals surface area contributed by atoms with Crippen molar-refractivity contribution in [1.82, 2.24) is 15.3 Å². The number of pyridine rings is 1. The zero-order chi connectivity index (χ0) is 21.5. The Morgan fingerprint density at radius 1 is 1.29 bits per heavy atom. The van der Waals surface area contributed by atoms with Gasteiger partial charge in [0.2, 0.25) is 5.91 Å². The standard InChI is InChI=1S/C25H24FN3O2/c1-14(30)27-20-9-5-7-17-23-16-6-3-4-8-19(16)28-25(23)21(29-24(17)20)13-15-10-11-22(31-2)18(26)12-15/h3-4,6,8,10-12,20,28H,5,7,9,13H2,1-2H3,(H,27,30). The molecule has 0 saturated carbocycles. The lowest BCUT2D eigenvalue weighted by atomic mass is 9.88. The lowest BCUT2D eigenvalue weighted by Crippen LogP contribution is -2.30. The Morgan fingerprint density at radius 3 is 2.90 bits per heavy atom. The van der Waals surface area contributed by atoms with Gasteiger partial charge in [0.25, 0.3) is 0 Å². The number of amides is 1. The summed E-state index contributed by atoms with van der Waals surface area (Å²) in [4.78, 5) is 20.4. The molecule has 1 amide bonds. The molecule has 2 aromatic carbocycles. The van der Waals surface area contributed by atoms with Gasteiger partial charge in [0.1, 0.15) is 0 Å². The number of ether oxygens (including phenoxy) is 1. The van der Waals surface area contributed by atoms with E-state index in [0.717, 1.165) is 52.6 Å². The summed E-state index contributed by atoms with van der Waals surface area (Å²) in [6.07, 6.45) is 3.26. The second-order valence-electron chi connectivity index (χ2n) is 8.13. The molecule has 5 rings (SSSR count). The SMILES string of the molecule is COc1ccc(Cc2nc3c(c4c2[nH]c2ccccc24)CCCC3NC(C)=O)cc1F. The van der Waals surface area contributed by atoms with E-state index in [1.54, 1.807) is 13.0 Å². The number of aryl methyl sites for hydroxylation is 1. The van der Waals surface area contributed by atoms with Gasteiger partial charge in [0.15, 0.2) is 11.6 Å². The first kappa shape index (κ1) is 19.5. The maximum atomic E-state index is 14.3. The summed E-state index contributed by atoms with van der Waals surface area (Å²) in [6.45, 7) is 1.54. The quantitative estimate of drug-likeness (QED) is 0.493. The van der Waals surface area contributed by atoms with E-state index in [0.29, 0.717) is 6.42 Å². The summed E-state index contributed by atoms with van der Waals surface area (Å²) < 4.78 is 19.4. The predicted molar refractivity (Wildman–Crippen MR) is 119 cm³/mol. The van der Waals surface area contributed by atoms with E-state index in [-0.39, 0.29) is 23.5 Å². The van der Waals surface area contributed by atoms with Crippen molar-refractivity contribution >= 4 is 27.7 Å². The minimum absolute atomic E-state index is 0.0579. The summed E-state index contributed by atoms with van der Waals surface area (Å²) in [5.74, 6) is -0.219. The fourth-order valence-electron chi connectivity index (χ4n) is 4.76. The minimum atomic E-state index is -0.387. The summed E-state index contributed by atoms with van der Waals surface area (Å²) in [5, 5.41) is 5.39. The summed E-state index contributed by atoms with van der Waals surface area (Å²) in [7, 11) is 1.46. The first-order valence-corrected chi connectivity index (χ1v) is 10.6. The zero-order valence-corrected chi connectivity index (χ0v) is 17.6. The Labute approximate surface area is 179 Å². The Morgan fingerprint density at radius 2 is 2.13 bits per heavy atom. The Kier molecular flexibility index (Phi) is 4.85. The lowest BCUT2D eigenvalue weighted by molar-refractivity contribution is -0.119. The summed E-state index contributed by atoms with van der Waals surface area (Å²) >= 11 is 0. The Bertz CT molecular complexity index is 1310. The van der Waals surface area contributed by atoms with Crippen LogP contribution in [0.1, 0.15) is 48.3 Å². The largest absolute Gasteiger partial charge is 0.494 e. The number of rotatable bonds is 4. The molecule has 1 aliphatic rings. The first-order chi connectivity index (χ1) is 15.0. The average Bonchev–Trinajstić information content (AvgIpc) is 3.14. The number of para-hydroxylation sites is 1. The van der Waals surface area contributed by atoms with Crippen LogP contribution in [0, 0.1) is 5.82 Å². The van der Waals surface area contributed by atoms with Crippen LogP contribution in [-0.2, 0) is 17.6 Å². The fourth-order valence-corrected chi connectivity index (χ4v) is 4.76. The van der Waals surface area contributed by atoms with Gasteiger partial charge in [-0.3, -0.25) is 9.78 Å². The van der Waals surface area contributed by atoms with Crippen molar-refractivity contribution < 1.29 is 13.9 Å². The smallest absolute Gasteiger partial charge is 0.217 e. The number of nitrogens with one attached hydrogen (secondary N) is 2. The third-order valence-electron chi connectivity index (χ3n) is 6.08. The molecule has 0 fully saturated rings. The minimum Gasteiger partial charge on any atom is -0.494 e. The lowest BCUT2D eigenvalue weighted by Gasteiger charge is -2.26. The van der Waals surface area contributed by atoms with Gasteiger partial charge in [-0.15, -0.1) is 0 Å². The average molecular weight is 417 g/mol. The van der Waals surface area contributed by atoms with Crippen LogP contribution >= 0.6 is 0 Å². The zero-order valence-electron chi connectivity index (χ0n) is 17.6. The van der Waals surface area contributed by atoms with E-state index in [1.165, 1.54) is 24.1 Å². The molecular formula is C25H24FN3O2. The van der Waals surface area contributed by atoms with Crippen LogP contribution in [0.2, 0.25) is 0 Å². The molecule has 1 aliphatic carbocycles. The monoisotopic (exact) mass is 417 g/mol. The van der Waals surface area contributed by atoms with Crippen LogP contribution in [0.15, 0.2) is 42.5 Å². The first-order valence-electron chi connectivity index (χ1n) is 10.6. The molecule has 0 aliphatic heterocycles. The molecule has 1 atom stereocenters. The van der Waals surface area contributed by atoms with Crippen LogP contribution in [0.3, 0.4) is 0 Å². The number of hydrogen-bond acceptors (Lipinski definition) is 3. The fraction of sp³-hybridized carbons (Fsp3) is 0.280. The number of aromatic amines is 1. The Hall–Kier alpha value is -3.41. The highest BCUT2D eigenvalue weighted by atomic mass is 19.1. The van der Waals surface area contributed by atoms with Crippen molar-refractivity contribution in [1.29, 1.82) is 0 Å². The van der Waals surface area contributed by atoms with Gasteiger partial charge in [-0.1, -0.05) is 24.3 Å². The molecule has 158 valence electrons. The van der Waals surface area contributed by atoms with Gasteiger partial charge < -0.3 is 15.0 Å². The number of fused-ring (bicyclic) bond motifs is 5. The number of carbonyl (C=O) groups is 1. The molecule has 0 radical (unpaired) electrons.